The molecule has 0 spiro atoms. The zero-order valence-electron chi connectivity index (χ0n) is 9.72. The Morgan fingerprint density at radius 2 is 2.41 bits per heavy atom. The summed E-state index contributed by atoms with van der Waals surface area (Å²) in [5, 5.41) is 7.37. The molecule has 1 N–H and O–H groups in total. The second kappa shape index (κ2) is 5.29. The molecule has 2 heterocycles. The molecule has 0 saturated carbocycles. The van der Waals surface area contributed by atoms with Gasteiger partial charge in [0.1, 0.15) is 12.1 Å². The smallest absolute Gasteiger partial charge is 0.254 e. The molecule has 1 unspecified atom stereocenters. The first-order chi connectivity index (χ1) is 8.24. The highest BCUT2D eigenvalue weighted by atomic mass is 35.5. The van der Waals surface area contributed by atoms with E-state index in [9.17, 15) is 0 Å². The van der Waals surface area contributed by atoms with Crippen LogP contribution in [-0.4, -0.2) is 45.2 Å². The lowest BCUT2D eigenvalue weighted by Gasteiger charge is -2.16. The third kappa shape index (κ3) is 2.65. The number of nitrogens with one attached hydrogen (secondary N) is 1. The van der Waals surface area contributed by atoms with Crippen LogP contribution in [0.3, 0.4) is 0 Å². The van der Waals surface area contributed by atoms with Gasteiger partial charge in [0.05, 0.1) is 12.6 Å². The molecular weight excluding hydrogens is 242 g/mol. The molecule has 2 aromatic rings. The summed E-state index contributed by atoms with van der Waals surface area (Å²) in [5.74, 6) is 1.83. The summed E-state index contributed by atoms with van der Waals surface area (Å²) in [4.78, 5) is 8.32. The van der Waals surface area contributed by atoms with Crippen LogP contribution in [0, 0.1) is 6.92 Å². The van der Waals surface area contributed by atoms with Crippen LogP contribution in [0.15, 0.2) is 12.4 Å². The monoisotopic (exact) mass is 255 g/mol. The molecule has 0 aliphatic rings. The van der Waals surface area contributed by atoms with Crippen molar-refractivity contribution in [2.45, 2.75) is 13.0 Å². The first kappa shape index (κ1) is 12.1. The number of hydrogen-bond donors (Lipinski definition) is 1. The van der Waals surface area contributed by atoms with Crippen LogP contribution in [0.25, 0.3) is 5.78 Å². The normalized spacial score (nSPS) is 12.9. The van der Waals surface area contributed by atoms with Crippen molar-refractivity contribution in [3.63, 3.8) is 0 Å². The average molecular weight is 256 g/mol. The van der Waals surface area contributed by atoms with Gasteiger partial charge in [-0.3, -0.25) is 0 Å². The Bertz CT molecular complexity index is 500. The summed E-state index contributed by atoms with van der Waals surface area (Å²) >= 11 is 5.86. The van der Waals surface area contributed by atoms with Crippen molar-refractivity contribution in [2.75, 3.05) is 24.9 Å². The van der Waals surface area contributed by atoms with Gasteiger partial charge >= 0.3 is 0 Å². The van der Waals surface area contributed by atoms with Gasteiger partial charge in [-0.1, -0.05) is 0 Å². The quantitative estimate of drug-likeness (QED) is 0.811. The van der Waals surface area contributed by atoms with E-state index in [0.717, 1.165) is 11.5 Å². The molecule has 6 nitrogen and oxygen atoms in total. The van der Waals surface area contributed by atoms with Crippen LogP contribution in [0.1, 0.15) is 5.69 Å². The summed E-state index contributed by atoms with van der Waals surface area (Å²) in [5.41, 5.74) is 0.874. The van der Waals surface area contributed by atoms with Crippen LogP contribution in [0.4, 0.5) is 5.82 Å². The number of nitrogens with zero attached hydrogens (tertiary/aromatic N) is 4. The molecule has 0 bridgehead atoms. The first-order valence-corrected chi connectivity index (χ1v) is 5.77. The molecular formula is C10H14ClN5O. The Hall–Kier alpha value is -1.40. The van der Waals surface area contributed by atoms with E-state index in [4.69, 9.17) is 16.3 Å². The van der Waals surface area contributed by atoms with Gasteiger partial charge in [-0.2, -0.15) is 14.6 Å². The predicted octanol–water partition coefficient (Wildman–Crippen LogP) is 1.10. The zero-order chi connectivity index (χ0) is 12.3. The van der Waals surface area contributed by atoms with Gasteiger partial charge in [0.2, 0.25) is 0 Å². The van der Waals surface area contributed by atoms with Gasteiger partial charge in [-0.25, -0.2) is 4.98 Å². The Morgan fingerprint density at radius 1 is 1.59 bits per heavy atom. The molecule has 0 aliphatic carbocycles. The maximum absolute atomic E-state index is 5.86. The zero-order valence-corrected chi connectivity index (χ0v) is 10.5. The molecule has 0 aliphatic heterocycles. The minimum absolute atomic E-state index is 0.0240. The number of hydrogen-bond acceptors (Lipinski definition) is 5. The number of methoxy groups -OCH3 is 1. The van der Waals surface area contributed by atoms with Crippen LogP contribution in [0.2, 0.25) is 0 Å². The fourth-order valence-corrected chi connectivity index (χ4v) is 1.73. The largest absolute Gasteiger partial charge is 0.383 e. The second-order valence-electron chi connectivity index (χ2n) is 3.71. The maximum Gasteiger partial charge on any atom is 0.254 e. The lowest BCUT2D eigenvalue weighted by atomic mass is 10.3. The van der Waals surface area contributed by atoms with Gasteiger partial charge in [0.25, 0.3) is 5.78 Å². The number of ether oxygens (including phenoxy) is 1. The number of anilines is 1. The third-order valence-electron chi connectivity index (χ3n) is 2.29. The molecule has 7 heteroatoms. The Morgan fingerprint density at radius 3 is 3.12 bits per heavy atom. The number of aryl methyl sites for hydroxylation is 1. The third-order valence-corrected chi connectivity index (χ3v) is 2.66. The van der Waals surface area contributed by atoms with Crippen molar-refractivity contribution < 1.29 is 4.74 Å². The van der Waals surface area contributed by atoms with Crippen LogP contribution < -0.4 is 5.32 Å². The minimum atomic E-state index is 0.0240. The van der Waals surface area contributed by atoms with Gasteiger partial charge in [0.15, 0.2) is 0 Å². The number of halogens is 1. The van der Waals surface area contributed by atoms with E-state index in [1.807, 2.05) is 13.0 Å². The van der Waals surface area contributed by atoms with Crippen molar-refractivity contribution in [3.05, 3.63) is 18.1 Å². The molecule has 2 aromatic heterocycles. The van der Waals surface area contributed by atoms with Gasteiger partial charge in [0, 0.05) is 24.8 Å². The van der Waals surface area contributed by atoms with Crippen LogP contribution >= 0.6 is 11.6 Å². The molecule has 92 valence electrons. The number of aromatic nitrogens is 4. The van der Waals surface area contributed by atoms with Crippen molar-refractivity contribution in [2.24, 2.45) is 0 Å². The fraction of sp³-hybridized carbons (Fsp3) is 0.500. The summed E-state index contributed by atoms with van der Waals surface area (Å²) < 4.78 is 6.72. The number of rotatable bonds is 5. The summed E-state index contributed by atoms with van der Waals surface area (Å²) in [7, 11) is 1.64. The summed E-state index contributed by atoms with van der Waals surface area (Å²) in [6.07, 6.45) is 1.47. The molecule has 0 fully saturated rings. The predicted molar refractivity (Wildman–Crippen MR) is 65.5 cm³/mol. The fourth-order valence-electron chi connectivity index (χ4n) is 1.57. The number of fused-ring (bicyclic) bond motifs is 1. The molecule has 0 radical (unpaired) electrons. The SMILES string of the molecule is COCC(CCl)Nc1cc(C)nc2ncnn12. The van der Waals surface area contributed by atoms with Crippen molar-refractivity contribution in [1.29, 1.82) is 0 Å². The molecule has 0 aromatic carbocycles. The lowest BCUT2D eigenvalue weighted by Crippen LogP contribution is -2.28. The van der Waals surface area contributed by atoms with Gasteiger partial charge in [-0.15, -0.1) is 11.6 Å². The average Bonchev–Trinajstić information content (AvgIpc) is 2.76. The Labute approximate surface area is 104 Å². The number of alkyl halides is 1. The summed E-state index contributed by atoms with van der Waals surface area (Å²) in [6, 6.07) is 1.92. The van der Waals surface area contributed by atoms with Gasteiger partial charge < -0.3 is 10.1 Å². The van der Waals surface area contributed by atoms with Crippen LogP contribution in [0.5, 0.6) is 0 Å². The highest BCUT2D eigenvalue weighted by Gasteiger charge is 2.11. The van der Waals surface area contributed by atoms with E-state index >= 15 is 0 Å². The van der Waals surface area contributed by atoms with E-state index in [-0.39, 0.29) is 6.04 Å². The molecule has 2 rings (SSSR count). The van der Waals surface area contributed by atoms with Crippen molar-refractivity contribution >= 4 is 23.2 Å². The topological polar surface area (TPSA) is 64.3 Å². The Balaban J connectivity index is 2.30. The summed E-state index contributed by atoms with van der Waals surface area (Å²) in [6.45, 7) is 2.44. The highest BCUT2D eigenvalue weighted by molar-refractivity contribution is 6.18. The van der Waals surface area contributed by atoms with Crippen molar-refractivity contribution in [3.8, 4) is 0 Å². The first-order valence-electron chi connectivity index (χ1n) is 5.23. The maximum atomic E-state index is 5.86. The van der Waals surface area contributed by atoms with E-state index in [0.29, 0.717) is 18.3 Å². The minimum Gasteiger partial charge on any atom is -0.383 e. The standard InChI is InChI=1S/C10H14ClN5O/c1-7-3-9(15-8(4-11)5-17-2)16-10(14-7)12-6-13-16/h3,6,8,15H,4-5H2,1-2H3. The highest BCUT2D eigenvalue weighted by Crippen LogP contribution is 2.11. The van der Waals surface area contributed by atoms with E-state index in [1.165, 1.54) is 6.33 Å². The molecule has 1 atom stereocenters. The molecule has 0 amide bonds. The van der Waals surface area contributed by atoms with Crippen molar-refractivity contribution in [1.82, 2.24) is 19.6 Å². The molecule has 17 heavy (non-hydrogen) atoms. The van der Waals surface area contributed by atoms with Gasteiger partial charge in [-0.05, 0) is 6.92 Å². The van der Waals surface area contributed by atoms with Crippen LogP contribution in [-0.2, 0) is 4.74 Å². The van der Waals surface area contributed by atoms with E-state index in [2.05, 4.69) is 20.4 Å². The lowest BCUT2D eigenvalue weighted by molar-refractivity contribution is 0.191. The Kier molecular flexibility index (Phi) is 3.75. The van der Waals surface area contributed by atoms with E-state index in [1.54, 1.807) is 11.6 Å². The second-order valence-corrected chi connectivity index (χ2v) is 4.01. The molecule has 0 saturated heterocycles. The van der Waals surface area contributed by atoms with E-state index < -0.39 is 0 Å².